The van der Waals surface area contributed by atoms with Crippen LogP contribution in [0.5, 0.6) is 0 Å². The lowest BCUT2D eigenvalue weighted by Gasteiger charge is -2.27. The predicted octanol–water partition coefficient (Wildman–Crippen LogP) is 5.39. The standard InChI is InChI=1S/C23H25FN4O/c1-15(2)28-14-19(18-6-5-11-25-22(18)28)17-9-12-27(13-10-17)23(29)26-21-8-4-7-20(24)16(21)3/h4-9,11,14-15H,10,12-13H2,1-3H3,(H,26,29). The van der Waals surface area contributed by atoms with E-state index in [1.165, 1.54) is 17.2 Å². The first-order valence-electron chi connectivity index (χ1n) is 9.91. The van der Waals surface area contributed by atoms with E-state index in [2.05, 4.69) is 47.1 Å². The molecule has 1 aromatic carbocycles. The van der Waals surface area contributed by atoms with E-state index in [0.29, 0.717) is 30.4 Å². The number of benzene rings is 1. The maximum atomic E-state index is 13.7. The van der Waals surface area contributed by atoms with Gasteiger partial charge in [-0.2, -0.15) is 0 Å². The number of nitrogens with zero attached hydrogens (tertiary/aromatic N) is 3. The summed E-state index contributed by atoms with van der Waals surface area (Å²) in [6.07, 6.45) is 6.86. The predicted molar refractivity (Wildman–Crippen MR) is 114 cm³/mol. The maximum absolute atomic E-state index is 13.7. The zero-order chi connectivity index (χ0) is 20.5. The van der Waals surface area contributed by atoms with Gasteiger partial charge in [0.1, 0.15) is 11.5 Å². The van der Waals surface area contributed by atoms with E-state index >= 15 is 0 Å². The SMILES string of the molecule is Cc1c(F)cccc1NC(=O)N1CC=C(c2cn(C(C)C)c3ncccc23)CC1. The monoisotopic (exact) mass is 392 g/mol. The Balaban J connectivity index is 1.54. The molecular weight excluding hydrogens is 367 g/mol. The highest BCUT2D eigenvalue weighted by Gasteiger charge is 2.21. The van der Waals surface area contributed by atoms with Gasteiger partial charge in [-0.3, -0.25) is 0 Å². The van der Waals surface area contributed by atoms with E-state index in [-0.39, 0.29) is 11.8 Å². The summed E-state index contributed by atoms with van der Waals surface area (Å²) in [6.45, 7) is 7.09. The number of pyridine rings is 1. The number of rotatable bonds is 3. The molecule has 3 aromatic rings. The van der Waals surface area contributed by atoms with Crippen LogP contribution in [0.3, 0.4) is 0 Å². The van der Waals surface area contributed by atoms with Crippen LogP contribution in [-0.4, -0.2) is 33.6 Å². The Bertz CT molecular complexity index is 1100. The van der Waals surface area contributed by atoms with Crippen LogP contribution in [0.1, 0.15) is 37.4 Å². The van der Waals surface area contributed by atoms with Crippen molar-refractivity contribution in [3.8, 4) is 0 Å². The lowest BCUT2D eigenvalue weighted by atomic mass is 10.00. The van der Waals surface area contributed by atoms with Crippen LogP contribution in [0.4, 0.5) is 14.9 Å². The summed E-state index contributed by atoms with van der Waals surface area (Å²) >= 11 is 0. The molecule has 6 heteroatoms. The minimum Gasteiger partial charge on any atom is -0.329 e. The van der Waals surface area contributed by atoms with Crippen molar-refractivity contribution in [2.24, 2.45) is 0 Å². The average Bonchev–Trinajstić information content (AvgIpc) is 3.11. The molecular formula is C23H25FN4O. The molecule has 0 unspecified atom stereocenters. The maximum Gasteiger partial charge on any atom is 0.322 e. The molecule has 0 fully saturated rings. The van der Waals surface area contributed by atoms with Gasteiger partial charge in [0.2, 0.25) is 0 Å². The summed E-state index contributed by atoms with van der Waals surface area (Å²) in [5.41, 5.74) is 4.36. The third-order valence-electron chi connectivity index (χ3n) is 5.50. The number of urea groups is 1. The van der Waals surface area contributed by atoms with E-state index in [1.807, 2.05) is 12.3 Å². The molecule has 0 bridgehead atoms. The molecule has 4 rings (SSSR count). The Morgan fingerprint density at radius 1 is 1.24 bits per heavy atom. The fraction of sp³-hybridized carbons (Fsp3) is 0.304. The fourth-order valence-electron chi connectivity index (χ4n) is 3.77. The van der Waals surface area contributed by atoms with Gasteiger partial charge in [0.25, 0.3) is 0 Å². The van der Waals surface area contributed by atoms with Crippen LogP contribution in [0.15, 0.2) is 48.8 Å². The number of nitrogens with one attached hydrogen (secondary N) is 1. The molecule has 1 aliphatic heterocycles. The highest BCUT2D eigenvalue weighted by molar-refractivity contribution is 5.93. The van der Waals surface area contributed by atoms with Gasteiger partial charge in [-0.25, -0.2) is 14.2 Å². The van der Waals surface area contributed by atoms with Crippen molar-refractivity contribution >= 4 is 28.3 Å². The molecule has 0 radical (unpaired) electrons. The molecule has 2 amide bonds. The summed E-state index contributed by atoms with van der Waals surface area (Å²) in [6, 6.07) is 8.88. The van der Waals surface area contributed by atoms with Crippen LogP contribution in [0.2, 0.25) is 0 Å². The largest absolute Gasteiger partial charge is 0.329 e. The van der Waals surface area contributed by atoms with Crippen LogP contribution in [0.25, 0.3) is 16.6 Å². The molecule has 0 saturated heterocycles. The average molecular weight is 392 g/mol. The normalized spacial score (nSPS) is 14.4. The molecule has 1 aliphatic rings. The van der Waals surface area contributed by atoms with Crippen molar-refractivity contribution in [2.45, 2.75) is 33.2 Å². The van der Waals surface area contributed by atoms with E-state index in [0.717, 1.165) is 17.5 Å². The minimum absolute atomic E-state index is 0.208. The third-order valence-corrected chi connectivity index (χ3v) is 5.50. The summed E-state index contributed by atoms with van der Waals surface area (Å²) in [5, 5.41) is 3.97. The van der Waals surface area contributed by atoms with Crippen molar-refractivity contribution in [3.05, 3.63) is 65.7 Å². The van der Waals surface area contributed by atoms with Crippen molar-refractivity contribution in [1.29, 1.82) is 0 Å². The van der Waals surface area contributed by atoms with Gasteiger partial charge in [0.15, 0.2) is 0 Å². The van der Waals surface area contributed by atoms with E-state index in [9.17, 15) is 9.18 Å². The number of hydrogen-bond donors (Lipinski definition) is 1. The third kappa shape index (κ3) is 3.62. The second-order valence-corrected chi connectivity index (χ2v) is 7.69. The number of aromatic nitrogens is 2. The number of halogens is 1. The Morgan fingerprint density at radius 2 is 2.07 bits per heavy atom. The van der Waals surface area contributed by atoms with Gasteiger partial charge in [-0.15, -0.1) is 0 Å². The van der Waals surface area contributed by atoms with Crippen molar-refractivity contribution in [2.75, 3.05) is 18.4 Å². The van der Waals surface area contributed by atoms with Crippen LogP contribution in [-0.2, 0) is 0 Å². The zero-order valence-electron chi connectivity index (χ0n) is 16.9. The summed E-state index contributed by atoms with van der Waals surface area (Å²) < 4.78 is 15.9. The highest BCUT2D eigenvalue weighted by Crippen LogP contribution is 2.31. The number of fused-ring (bicyclic) bond motifs is 1. The molecule has 5 nitrogen and oxygen atoms in total. The van der Waals surface area contributed by atoms with E-state index < -0.39 is 0 Å². The second-order valence-electron chi connectivity index (χ2n) is 7.69. The van der Waals surface area contributed by atoms with Crippen LogP contribution < -0.4 is 5.32 Å². The number of carbonyl (C=O) groups excluding carboxylic acids is 1. The topological polar surface area (TPSA) is 50.2 Å². The first-order valence-corrected chi connectivity index (χ1v) is 9.91. The van der Waals surface area contributed by atoms with Gasteiger partial charge >= 0.3 is 6.03 Å². The summed E-state index contributed by atoms with van der Waals surface area (Å²) in [5.74, 6) is -0.321. The Kier molecular flexibility index (Phi) is 5.09. The van der Waals surface area contributed by atoms with E-state index in [1.54, 1.807) is 24.0 Å². The molecule has 0 spiro atoms. The molecule has 29 heavy (non-hydrogen) atoms. The van der Waals surface area contributed by atoms with Gasteiger partial charge in [-0.05, 0) is 57.0 Å². The molecule has 1 N–H and O–H groups in total. The lowest BCUT2D eigenvalue weighted by Crippen LogP contribution is -2.38. The zero-order valence-corrected chi connectivity index (χ0v) is 16.9. The Hall–Kier alpha value is -3.15. The Morgan fingerprint density at radius 3 is 2.79 bits per heavy atom. The number of carbonyl (C=O) groups is 1. The first kappa shape index (κ1) is 19.2. The van der Waals surface area contributed by atoms with Gasteiger partial charge < -0.3 is 14.8 Å². The smallest absolute Gasteiger partial charge is 0.322 e. The molecule has 0 atom stereocenters. The number of hydrogen-bond acceptors (Lipinski definition) is 2. The molecule has 150 valence electrons. The summed E-state index contributed by atoms with van der Waals surface area (Å²) in [7, 11) is 0. The van der Waals surface area contributed by atoms with Gasteiger partial charge in [0, 0.05) is 53.7 Å². The van der Waals surface area contributed by atoms with Crippen molar-refractivity contribution < 1.29 is 9.18 Å². The van der Waals surface area contributed by atoms with Crippen molar-refractivity contribution in [1.82, 2.24) is 14.5 Å². The summed E-state index contributed by atoms with van der Waals surface area (Å²) in [4.78, 5) is 18.9. The molecule has 0 aliphatic carbocycles. The Labute approximate surface area is 169 Å². The van der Waals surface area contributed by atoms with Gasteiger partial charge in [0.05, 0.1) is 0 Å². The van der Waals surface area contributed by atoms with Crippen molar-refractivity contribution in [3.63, 3.8) is 0 Å². The minimum atomic E-state index is -0.321. The number of anilines is 1. The van der Waals surface area contributed by atoms with Crippen LogP contribution in [0, 0.1) is 12.7 Å². The highest BCUT2D eigenvalue weighted by atomic mass is 19.1. The first-order chi connectivity index (χ1) is 14.0. The fourth-order valence-corrected chi connectivity index (χ4v) is 3.77. The number of amides is 2. The molecule has 0 saturated carbocycles. The second kappa shape index (κ2) is 7.70. The van der Waals surface area contributed by atoms with Gasteiger partial charge in [-0.1, -0.05) is 12.1 Å². The lowest BCUT2D eigenvalue weighted by molar-refractivity contribution is 0.217. The quantitative estimate of drug-likeness (QED) is 0.650. The van der Waals surface area contributed by atoms with Crippen LogP contribution >= 0.6 is 0 Å². The van der Waals surface area contributed by atoms with E-state index in [4.69, 9.17) is 0 Å². The molecule has 3 heterocycles. The molecule has 2 aromatic heterocycles.